The van der Waals surface area contributed by atoms with Gasteiger partial charge in [-0.25, -0.2) is 9.98 Å². The molecule has 6 nitrogen and oxygen atoms in total. The van der Waals surface area contributed by atoms with Crippen LogP contribution in [0.3, 0.4) is 0 Å². The molecule has 0 aliphatic carbocycles. The molecule has 0 saturated heterocycles. The zero-order valence-electron chi connectivity index (χ0n) is 16.1. The van der Waals surface area contributed by atoms with Crippen molar-refractivity contribution in [2.24, 2.45) is 4.99 Å². The molecular formula is C19H28IN5OS. The van der Waals surface area contributed by atoms with Crippen LogP contribution in [0.5, 0.6) is 0 Å². The summed E-state index contributed by atoms with van der Waals surface area (Å²) in [6.45, 7) is 3.62. The zero-order chi connectivity index (χ0) is 18.8. The fraction of sp³-hybridized carbons (Fsp3) is 0.421. The summed E-state index contributed by atoms with van der Waals surface area (Å²) in [6.07, 6.45) is 3.79. The average Bonchev–Trinajstić information content (AvgIpc) is 3.12. The topological polar surface area (TPSA) is 69.6 Å². The first kappa shape index (κ1) is 23.4. The average molecular weight is 501 g/mol. The number of hydrogen-bond acceptors (Lipinski definition) is 4. The summed E-state index contributed by atoms with van der Waals surface area (Å²) in [7, 11) is 3.48. The monoisotopic (exact) mass is 501 g/mol. The second kappa shape index (κ2) is 12.7. The molecule has 2 N–H and O–H groups in total. The van der Waals surface area contributed by atoms with Crippen molar-refractivity contribution in [1.82, 2.24) is 20.5 Å². The number of thiazole rings is 1. The van der Waals surface area contributed by atoms with E-state index in [0.717, 1.165) is 23.4 Å². The summed E-state index contributed by atoms with van der Waals surface area (Å²) in [5.74, 6) is 0.642. The Morgan fingerprint density at radius 2 is 1.96 bits per heavy atom. The van der Waals surface area contributed by atoms with Gasteiger partial charge < -0.3 is 15.5 Å². The van der Waals surface area contributed by atoms with Crippen molar-refractivity contribution in [3.63, 3.8) is 0 Å². The molecule has 0 atom stereocenters. The number of carbonyl (C=O) groups excluding carboxylic acids is 1. The van der Waals surface area contributed by atoms with Crippen LogP contribution in [0.2, 0.25) is 0 Å². The van der Waals surface area contributed by atoms with Gasteiger partial charge in [0, 0.05) is 38.1 Å². The van der Waals surface area contributed by atoms with Crippen LogP contribution in [0.25, 0.3) is 0 Å². The molecule has 1 heterocycles. The van der Waals surface area contributed by atoms with E-state index in [4.69, 9.17) is 0 Å². The number of halogens is 1. The fourth-order valence-electron chi connectivity index (χ4n) is 2.16. The number of amides is 1. The first-order valence-electron chi connectivity index (χ1n) is 8.78. The number of benzene rings is 1. The maximum atomic E-state index is 11.8. The van der Waals surface area contributed by atoms with Crippen molar-refractivity contribution in [3.05, 3.63) is 52.0 Å². The Balaban J connectivity index is 0.00000364. The van der Waals surface area contributed by atoms with Crippen molar-refractivity contribution in [2.45, 2.75) is 26.3 Å². The quantitative estimate of drug-likeness (QED) is 0.332. The number of nitrogens with zero attached hydrogens (tertiary/aromatic N) is 3. The summed E-state index contributed by atoms with van der Waals surface area (Å²) >= 11 is 1.74. The minimum Gasteiger partial charge on any atom is -0.356 e. The molecule has 1 aromatic heterocycles. The molecule has 1 aromatic carbocycles. The Bertz CT molecular complexity index is 718. The van der Waals surface area contributed by atoms with Crippen LogP contribution in [-0.2, 0) is 24.2 Å². The van der Waals surface area contributed by atoms with Gasteiger partial charge in [0.25, 0.3) is 0 Å². The Hall–Kier alpha value is -1.68. The number of nitrogens with one attached hydrogen (secondary N) is 2. The largest absolute Gasteiger partial charge is 0.356 e. The number of aryl methyl sites for hydroxylation is 1. The summed E-state index contributed by atoms with van der Waals surface area (Å²) in [5.41, 5.74) is 1.13. The van der Waals surface area contributed by atoms with Crippen LogP contribution in [0.15, 0.2) is 41.5 Å². The van der Waals surface area contributed by atoms with Crippen LogP contribution in [0.4, 0.5) is 0 Å². The maximum absolute atomic E-state index is 11.8. The molecular weight excluding hydrogens is 473 g/mol. The predicted octanol–water partition coefficient (Wildman–Crippen LogP) is 2.69. The second-order valence-electron chi connectivity index (χ2n) is 6.04. The molecule has 8 heteroatoms. The minimum absolute atomic E-state index is 0. The first-order valence-corrected chi connectivity index (χ1v) is 9.60. The van der Waals surface area contributed by atoms with Gasteiger partial charge in [0.05, 0.1) is 18.1 Å². The van der Waals surface area contributed by atoms with Crippen molar-refractivity contribution in [2.75, 3.05) is 27.2 Å². The lowest BCUT2D eigenvalue weighted by Crippen LogP contribution is -2.43. The molecule has 0 bridgehead atoms. The predicted molar refractivity (Wildman–Crippen MR) is 123 cm³/mol. The van der Waals surface area contributed by atoms with Gasteiger partial charge in [-0.1, -0.05) is 37.3 Å². The van der Waals surface area contributed by atoms with Gasteiger partial charge in [-0.2, -0.15) is 0 Å². The minimum atomic E-state index is 0. The van der Waals surface area contributed by atoms with Crippen molar-refractivity contribution in [3.8, 4) is 0 Å². The SMILES string of the molecule is CCc1cnc(CCNC(=NCc2ccccc2)NCC(=O)N(C)C)s1.I. The Kier molecular flexibility index (Phi) is 11.0. The number of rotatable bonds is 8. The Morgan fingerprint density at radius 1 is 1.22 bits per heavy atom. The highest BCUT2D eigenvalue weighted by Gasteiger charge is 2.07. The standard InChI is InChI=1S/C19H27N5OS.HI/c1-4-16-13-21-17(26-16)10-11-20-19(23-14-18(25)24(2)3)22-12-15-8-6-5-7-9-15;/h5-9,13H,4,10-12,14H2,1-3H3,(H2,20,22,23);1H. The van der Waals surface area contributed by atoms with E-state index in [1.165, 1.54) is 4.88 Å². The van der Waals surface area contributed by atoms with Crippen LogP contribution < -0.4 is 10.6 Å². The smallest absolute Gasteiger partial charge is 0.241 e. The lowest BCUT2D eigenvalue weighted by Gasteiger charge is -2.14. The van der Waals surface area contributed by atoms with Crippen molar-refractivity contribution < 1.29 is 4.79 Å². The number of aromatic nitrogens is 1. The van der Waals surface area contributed by atoms with Crippen LogP contribution in [-0.4, -0.2) is 48.9 Å². The highest BCUT2D eigenvalue weighted by Crippen LogP contribution is 2.13. The van der Waals surface area contributed by atoms with E-state index in [9.17, 15) is 4.79 Å². The number of likely N-dealkylation sites (N-methyl/N-ethyl adjacent to an activating group) is 1. The molecule has 1 amide bonds. The molecule has 0 spiro atoms. The van der Waals surface area contributed by atoms with E-state index in [1.807, 2.05) is 36.5 Å². The Labute approximate surface area is 182 Å². The molecule has 27 heavy (non-hydrogen) atoms. The summed E-state index contributed by atoms with van der Waals surface area (Å²) in [4.78, 5) is 23.7. The van der Waals surface area contributed by atoms with Crippen molar-refractivity contribution in [1.29, 1.82) is 0 Å². The summed E-state index contributed by atoms with van der Waals surface area (Å²) in [5, 5.41) is 7.51. The molecule has 0 radical (unpaired) electrons. The number of guanidine groups is 1. The molecule has 0 aliphatic heterocycles. The van der Waals surface area contributed by atoms with Gasteiger partial charge in [-0.05, 0) is 12.0 Å². The van der Waals surface area contributed by atoms with E-state index in [2.05, 4.69) is 27.5 Å². The Morgan fingerprint density at radius 3 is 2.59 bits per heavy atom. The van der Waals surface area contributed by atoms with Gasteiger partial charge in [0.2, 0.25) is 5.91 Å². The summed E-state index contributed by atoms with van der Waals surface area (Å²) in [6, 6.07) is 10.0. The maximum Gasteiger partial charge on any atom is 0.241 e. The molecule has 2 rings (SSSR count). The van der Waals surface area contributed by atoms with E-state index in [-0.39, 0.29) is 36.4 Å². The third-order valence-electron chi connectivity index (χ3n) is 3.75. The second-order valence-corrected chi connectivity index (χ2v) is 7.24. The fourth-order valence-corrected chi connectivity index (χ4v) is 3.02. The summed E-state index contributed by atoms with van der Waals surface area (Å²) < 4.78 is 0. The third kappa shape index (κ3) is 8.70. The van der Waals surface area contributed by atoms with Gasteiger partial charge in [0.15, 0.2) is 5.96 Å². The molecule has 0 saturated carbocycles. The molecule has 0 unspecified atom stereocenters. The molecule has 148 valence electrons. The van der Waals surface area contributed by atoms with E-state index in [1.54, 1.807) is 30.3 Å². The normalized spacial score (nSPS) is 10.9. The number of hydrogen-bond donors (Lipinski definition) is 2. The van der Waals surface area contributed by atoms with E-state index >= 15 is 0 Å². The highest BCUT2D eigenvalue weighted by molar-refractivity contribution is 14.0. The van der Waals surface area contributed by atoms with E-state index < -0.39 is 0 Å². The molecule has 2 aromatic rings. The van der Waals surface area contributed by atoms with Crippen LogP contribution in [0.1, 0.15) is 22.4 Å². The number of carbonyl (C=O) groups is 1. The van der Waals surface area contributed by atoms with Crippen molar-refractivity contribution >= 4 is 47.2 Å². The molecule has 0 aliphatic rings. The zero-order valence-corrected chi connectivity index (χ0v) is 19.2. The van der Waals surface area contributed by atoms with Crippen LogP contribution >= 0.6 is 35.3 Å². The first-order chi connectivity index (χ1) is 12.6. The molecule has 0 fully saturated rings. The van der Waals surface area contributed by atoms with Crippen LogP contribution in [0, 0.1) is 0 Å². The lowest BCUT2D eigenvalue weighted by atomic mass is 10.2. The van der Waals surface area contributed by atoms with Gasteiger partial charge in [0.1, 0.15) is 0 Å². The van der Waals surface area contributed by atoms with Gasteiger partial charge >= 0.3 is 0 Å². The number of aliphatic imine (C=N–C) groups is 1. The third-order valence-corrected chi connectivity index (χ3v) is 4.95. The van der Waals surface area contributed by atoms with Gasteiger partial charge in [-0.15, -0.1) is 35.3 Å². The van der Waals surface area contributed by atoms with E-state index in [0.29, 0.717) is 19.0 Å². The highest BCUT2D eigenvalue weighted by atomic mass is 127. The lowest BCUT2D eigenvalue weighted by molar-refractivity contribution is -0.127. The van der Waals surface area contributed by atoms with Gasteiger partial charge in [-0.3, -0.25) is 4.79 Å².